The molecule has 6 fully saturated rings. The zero-order valence-corrected chi connectivity index (χ0v) is 34.6. The van der Waals surface area contributed by atoms with Crippen LogP contribution in [-0.4, -0.2) is 67.4 Å². The minimum atomic E-state index is -1.15. The highest BCUT2D eigenvalue weighted by Crippen LogP contribution is 2.82. The topological polar surface area (TPSA) is 138 Å². The number of rotatable bonds is 3. The van der Waals surface area contributed by atoms with Crippen molar-refractivity contribution >= 4 is 17.9 Å². The first kappa shape index (κ1) is 38.9. The summed E-state index contributed by atoms with van der Waals surface area (Å²) >= 11 is 0. The summed E-state index contributed by atoms with van der Waals surface area (Å²) in [6.07, 6.45) is 14.8. The van der Waals surface area contributed by atoms with Gasteiger partial charge in [-0.25, -0.2) is 0 Å². The van der Waals surface area contributed by atoms with E-state index in [1.807, 2.05) is 19.1 Å². The molecule has 7 heteroatoms. The number of benzene rings is 1. The minimum absolute atomic E-state index is 0.0206. The lowest BCUT2D eigenvalue weighted by molar-refractivity contribution is -0.266. The van der Waals surface area contributed by atoms with Gasteiger partial charge >= 0.3 is 0 Å². The quantitative estimate of drug-likeness (QED) is 0.231. The van der Waals surface area contributed by atoms with Gasteiger partial charge in [0.15, 0.2) is 5.78 Å². The second-order valence-electron chi connectivity index (χ2n) is 22.0. The van der Waals surface area contributed by atoms with Gasteiger partial charge in [-0.3, -0.25) is 4.79 Å². The Hall–Kier alpha value is -2.31. The number of allylic oxidation sites excluding steroid dienone is 2. The first-order valence-corrected chi connectivity index (χ1v) is 22.7. The predicted octanol–water partition coefficient (Wildman–Crippen LogP) is 5.26. The number of aliphatic hydroxyl groups is 6. The Morgan fingerprint density at radius 2 is 1.63 bits per heavy atom. The summed E-state index contributed by atoms with van der Waals surface area (Å²) in [5.74, 6) is 6.06. The fraction of sp³-hybridized carbons (Fsp3) is 0.740. The molecule has 10 aliphatic rings. The Morgan fingerprint density at radius 3 is 2.37 bits per heavy atom. The summed E-state index contributed by atoms with van der Waals surface area (Å²) in [5.41, 5.74) is -1.79. The van der Waals surface area contributed by atoms with E-state index >= 15 is 4.79 Å². The third-order valence-corrected chi connectivity index (χ3v) is 20.1. The third-order valence-electron chi connectivity index (χ3n) is 20.1. The maximum absolute atomic E-state index is 16.0. The molecule has 0 unspecified atom stereocenters. The standard InChI is InChI=1S/C50H66O7/c1-29(52)30-10-11-31-22-32-12-18-48-19-13-38-46(4,42(57)27-51)39(54)14-20-49(38,34(32)23-33(31)21-30)43(48)37(53)24-35-36-25-44(2)15-6-5-9-40(55)50(36,41(56)26-45(35,48)3)47(28-44)16-7-8-17-47/h10-11,21-24,29,32,34,36,38-43,51-52,54-57H,6-8,12-20,25-28H2,1-4H3/t29-,32-,34+,36-,38-,39+,40-,41+,42-,43+,44-,45-,46+,48-,49-,50-/m1/s1. The van der Waals surface area contributed by atoms with Crippen LogP contribution in [0.25, 0.3) is 12.2 Å². The monoisotopic (exact) mass is 778 g/mol. The van der Waals surface area contributed by atoms with Crippen molar-refractivity contribution in [3.8, 4) is 11.8 Å². The average molecular weight is 779 g/mol. The lowest BCUT2D eigenvalue weighted by Gasteiger charge is -2.75. The third kappa shape index (κ3) is 4.65. The molecule has 0 radical (unpaired) electrons. The van der Waals surface area contributed by atoms with Crippen molar-refractivity contribution in [2.75, 3.05) is 6.61 Å². The van der Waals surface area contributed by atoms with E-state index in [9.17, 15) is 30.6 Å². The van der Waals surface area contributed by atoms with Crippen molar-refractivity contribution in [1.29, 1.82) is 0 Å². The van der Waals surface area contributed by atoms with Crippen LogP contribution in [0.3, 0.4) is 0 Å². The number of aliphatic hydroxyl groups excluding tert-OH is 6. The number of carbonyl (C=O) groups excluding carboxylic acids is 1. The molecule has 6 N–H and O–H groups in total. The molecule has 1 aromatic rings. The van der Waals surface area contributed by atoms with Crippen LogP contribution in [0.2, 0.25) is 0 Å². The van der Waals surface area contributed by atoms with Crippen LogP contribution in [0.1, 0.15) is 136 Å². The number of ketones is 1. The van der Waals surface area contributed by atoms with Gasteiger partial charge in [-0.15, -0.1) is 5.92 Å². The summed E-state index contributed by atoms with van der Waals surface area (Å²) in [7, 11) is 0. The van der Waals surface area contributed by atoms with Crippen LogP contribution in [0.15, 0.2) is 29.8 Å². The number of hydrogen-bond donors (Lipinski definition) is 6. The minimum Gasteiger partial charge on any atom is -0.394 e. The van der Waals surface area contributed by atoms with E-state index in [1.165, 1.54) is 5.57 Å². The second-order valence-corrected chi connectivity index (χ2v) is 22.0. The molecule has 4 bridgehead atoms. The van der Waals surface area contributed by atoms with E-state index in [0.717, 1.165) is 86.6 Å². The van der Waals surface area contributed by atoms with E-state index in [1.54, 1.807) is 6.92 Å². The molecule has 16 atom stereocenters. The fourth-order valence-corrected chi connectivity index (χ4v) is 17.9. The average Bonchev–Trinajstić information content (AvgIpc) is 3.64. The summed E-state index contributed by atoms with van der Waals surface area (Å²) in [6.45, 7) is 8.10. The van der Waals surface area contributed by atoms with Gasteiger partial charge in [-0.2, -0.15) is 0 Å². The highest BCUT2D eigenvalue weighted by Gasteiger charge is 2.79. The molecule has 1 aromatic carbocycles. The Balaban J connectivity index is 1.22. The van der Waals surface area contributed by atoms with Gasteiger partial charge < -0.3 is 30.6 Å². The summed E-state index contributed by atoms with van der Waals surface area (Å²) < 4.78 is 0. The zero-order chi connectivity index (χ0) is 40.1. The number of hydrogen-bond acceptors (Lipinski definition) is 7. The second kappa shape index (κ2) is 12.6. The van der Waals surface area contributed by atoms with Crippen LogP contribution in [0.4, 0.5) is 0 Å². The van der Waals surface area contributed by atoms with Crippen LogP contribution in [-0.2, 0) is 4.79 Å². The SMILES string of the molecule is C[C@@H](O)c1ccc2c(c1)=C[C@H]1[C@@H](C=2)CC[C@@]23CC[C@@H]4[C@](C)([C@H](O)CO)[C@@H](O)CC[C@]41[C@H]2C(=O)C=C1[C@H]2C[C@@]4(C)CCC#C[C@@H](O)[C@]2([C@@H](O)C[C@]13C)C1(CCCC1)C4. The lowest BCUT2D eigenvalue weighted by Crippen LogP contribution is -2.74. The first-order chi connectivity index (χ1) is 27.1. The highest BCUT2D eigenvalue weighted by molar-refractivity contribution is 5.96. The number of carbonyl (C=O) groups is 1. The van der Waals surface area contributed by atoms with E-state index in [2.05, 4.69) is 50.0 Å². The van der Waals surface area contributed by atoms with E-state index in [0.29, 0.717) is 25.7 Å². The van der Waals surface area contributed by atoms with Crippen molar-refractivity contribution in [1.82, 2.24) is 0 Å². The van der Waals surface area contributed by atoms with Gasteiger partial charge in [0, 0.05) is 23.2 Å². The fourth-order valence-electron chi connectivity index (χ4n) is 17.9. The molecule has 7 nitrogen and oxygen atoms in total. The maximum atomic E-state index is 16.0. The molecular weight excluding hydrogens is 713 g/mol. The molecule has 57 heavy (non-hydrogen) atoms. The summed E-state index contributed by atoms with van der Waals surface area (Å²) in [5, 5.41) is 73.0. The van der Waals surface area contributed by atoms with Crippen LogP contribution >= 0.6 is 0 Å². The molecule has 10 aliphatic carbocycles. The van der Waals surface area contributed by atoms with Crippen molar-refractivity contribution in [2.24, 2.45) is 67.5 Å². The molecule has 0 aromatic heterocycles. The molecule has 0 heterocycles. The van der Waals surface area contributed by atoms with E-state index < -0.39 is 70.1 Å². The molecule has 11 rings (SSSR count). The lowest BCUT2D eigenvalue weighted by atomic mass is 9.29. The largest absolute Gasteiger partial charge is 0.394 e. The first-order valence-electron chi connectivity index (χ1n) is 22.7. The smallest absolute Gasteiger partial charge is 0.159 e. The van der Waals surface area contributed by atoms with Gasteiger partial charge in [0.05, 0.1) is 31.0 Å². The Labute approximate surface area is 338 Å². The van der Waals surface area contributed by atoms with E-state index in [-0.39, 0.29) is 40.3 Å². The van der Waals surface area contributed by atoms with Gasteiger partial charge in [0.25, 0.3) is 0 Å². The van der Waals surface area contributed by atoms with Crippen molar-refractivity contribution < 1.29 is 35.4 Å². The van der Waals surface area contributed by atoms with Gasteiger partial charge in [0.1, 0.15) is 6.10 Å². The molecule has 0 amide bonds. The summed E-state index contributed by atoms with van der Waals surface area (Å²) in [6, 6.07) is 6.22. The molecule has 0 aliphatic heterocycles. The van der Waals surface area contributed by atoms with E-state index in [4.69, 9.17) is 0 Å². The zero-order valence-electron chi connectivity index (χ0n) is 34.6. The summed E-state index contributed by atoms with van der Waals surface area (Å²) in [4.78, 5) is 16.0. The molecule has 3 spiro atoms. The Morgan fingerprint density at radius 1 is 0.877 bits per heavy atom. The van der Waals surface area contributed by atoms with Crippen molar-refractivity contribution in [3.63, 3.8) is 0 Å². The molecule has 6 saturated carbocycles. The maximum Gasteiger partial charge on any atom is 0.159 e. The van der Waals surface area contributed by atoms with Crippen molar-refractivity contribution in [3.05, 3.63) is 45.8 Å². The molecule has 0 saturated heterocycles. The van der Waals surface area contributed by atoms with Crippen LogP contribution in [0.5, 0.6) is 0 Å². The van der Waals surface area contributed by atoms with Crippen LogP contribution < -0.4 is 10.4 Å². The Kier molecular flexibility index (Phi) is 8.60. The van der Waals surface area contributed by atoms with Gasteiger partial charge in [-0.1, -0.05) is 69.4 Å². The highest BCUT2D eigenvalue weighted by atomic mass is 16.3. The van der Waals surface area contributed by atoms with Gasteiger partial charge in [-0.05, 0) is 163 Å². The molecular formula is C50H66O7. The number of fused-ring (bicyclic) bond motifs is 6. The molecule has 308 valence electrons. The predicted molar refractivity (Wildman–Crippen MR) is 218 cm³/mol. The van der Waals surface area contributed by atoms with Gasteiger partial charge in [0.2, 0.25) is 0 Å². The van der Waals surface area contributed by atoms with Crippen molar-refractivity contribution in [2.45, 2.75) is 155 Å². The normalized spacial score (nSPS) is 49.8. The van der Waals surface area contributed by atoms with Crippen LogP contribution in [0, 0.1) is 79.3 Å². The Bertz CT molecular complexity index is 2080.